The second-order valence-corrected chi connectivity index (χ2v) is 5.39. The van der Waals surface area contributed by atoms with E-state index < -0.39 is 0 Å². The van der Waals surface area contributed by atoms with E-state index >= 15 is 0 Å². The van der Waals surface area contributed by atoms with Crippen LogP contribution < -0.4 is 0 Å². The normalized spacial score (nSPS) is 19.4. The van der Waals surface area contributed by atoms with E-state index in [1.807, 2.05) is 0 Å². The lowest BCUT2D eigenvalue weighted by Gasteiger charge is -2.22. The molecule has 2 nitrogen and oxygen atoms in total. The van der Waals surface area contributed by atoms with Crippen molar-refractivity contribution in [1.82, 2.24) is 0 Å². The highest BCUT2D eigenvalue weighted by molar-refractivity contribution is 6.31. The Balaban J connectivity index is 1.81. The molecular formula is C15H18ClFO2. The molecule has 2 rings (SSSR count). The summed E-state index contributed by atoms with van der Waals surface area (Å²) in [5, 5.41) is 0.448. The molecule has 1 fully saturated rings. The molecule has 1 aromatic carbocycles. The summed E-state index contributed by atoms with van der Waals surface area (Å²) in [6.07, 6.45) is 4.96. The van der Waals surface area contributed by atoms with Crippen LogP contribution >= 0.6 is 11.6 Å². The van der Waals surface area contributed by atoms with Crippen LogP contribution in [0, 0.1) is 5.82 Å². The molecule has 1 unspecified atom stereocenters. The smallest absolute Gasteiger partial charge is 0.137 e. The van der Waals surface area contributed by atoms with Crippen molar-refractivity contribution in [2.45, 2.75) is 44.6 Å². The van der Waals surface area contributed by atoms with Crippen LogP contribution in [0.4, 0.5) is 4.39 Å². The Kier molecular flexibility index (Phi) is 5.34. The highest BCUT2D eigenvalue weighted by atomic mass is 35.5. The summed E-state index contributed by atoms with van der Waals surface area (Å²) >= 11 is 5.95. The van der Waals surface area contributed by atoms with Crippen LogP contribution in [-0.4, -0.2) is 18.5 Å². The Morgan fingerprint density at radius 1 is 1.42 bits per heavy atom. The first-order valence-corrected chi connectivity index (χ1v) is 7.10. The zero-order valence-corrected chi connectivity index (χ0v) is 11.6. The molecule has 4 heteroatoms. The number of carbonyl (C=O) groups is 1. The molecule has 0 N–H and O–H groups in total. The minimum atomic E-state index is -0.359. The van der Waals surface area contributed by atoms with Gasteiger partial charge < -0.3 is 4.74 Å². The molecule has 1 aliphatic heterocycles. The molecule has 0 spiro atoms. The molecule has 0 amide bonds. The number of Topliss-reactive ketones (excluding diaryl/α,β-unsaturated/α-hetero) is 1. The van der Waals surface area contributed by atoms with Gasteiger partial charge in [-0.2, -0.15) is 0 Å². The van der Waals surface area contributed by atoms with Crippen molar-refractivity contribution < 1.29 is 13.9 Å². The van der Waals surface area contributed by atoms with Crippen LogP contribution in [0.25, 0.3) is 0 Å². The lowest BCUT2D eigenvalue weighted by molar-refractivity contribution is -0.119. The lowest BCUT2D eigenvalue weighted by Crippen LogP contribution is -2.20. The predicted molar refractivity (Wildman–Crippen MR) is 72.9 cm³/mol. The standard InChI is InChI=1S/C15H18ClFO2/c16-15-7-4-12(17)9-11(15)10-13(18)5-6-14-3-1-2-8-19-14/h4,7,9,14H,1-3,5-6,8,10H2. The van der Waals surface area contributed by atoms with Crippen molar-refractivity contribution in [1.29, 1.82) is 0 Å². The van der Waals surface area contributed by atoms with Crippen molar-refractivity contribution in [3.05, 3.63) is 34.6 Å². The second kappa shape index (κ2) is 7.01. The first kappa shape index (κ1) is 14.5. The predicted octanol–water partition coefficient (Wildman–Crippen LogP) is 3.94. The fourth-order valence-electron chi connectivity index (χ4n) is 2.34. The SMILES string of the molecule is O=C(CCC1CCCCO1)Cc1cc(F)ccc1Cl. The molecule has 0 aromatic heterocycles. The minimum Gasteiger partial charge on any atom is -0.378 e. The molecule has 0 aliphatic carbocycles. The number of ether oxygens (including phenoxy) is 1. The van der Waals surface area contributed by atoms with Crippen LogP contribution in [0.15, 0.2) is 18.2 Å². The molecule has 1 atom stereocenters. The van der Waals surface area contributed by atoms with E-state index in [0.717, 1.165) is 25.9 Å². The van der Waals surface area contributed by atoms with Gasteiger partial charge in [-0.05, 0) is 49.4 Å². The molecule has 104 valence electrons. The zero-order chi connectivity index (χ0) is 13.7. The summed E-state index contributed by atoms with van der Waals surface area (Å²) in [6, 6.07) is 4.12. The minimum absolute atomic E-state index is 0.0849. The maximum Gasteiger partial charge on any atom is 0.137 e. The number of halogens is 2. The van der Waals surface area contributed by atoms with Gasteiger partial charge in [-0.25, -0.2) is 4.39 Å². The van der Waals surface area contributed by atoms with E-state index in [1.54, 1.807) is 0 Å². The lowest BCUT2D eigenvalue weighted by atomic mass is 10.0. The van der Waals surface area contributed by atoms with Crippen LogP contribution in [-0.2, 0) is 16.0 Å². The summed E-state index contributed by atoms with van der Waals surface area (Å²) in [7, 11) is 0. The van der Waals surface area contributed by atoms with Crippen LogP contribution in [0.3, 0.4) is 0 Å². The molecule has 1 heterocycles. The molecule has 1 saturated heterocycles. The number of carbonyl (C=O) groups excluding carboxylic acids is 1. The van der Waals surface area contributed by atoms with E-state index in [-0.39, 0.29) is 24.1 Å². The Hall–Kier alpha value is -0.930. The van der Waals surface area contributed by atoms with Crippen LogP contribution in [0.1, 0.15) is 37.7 Å². The Labute approximate surface area is 117 Å². The fraction of sp³-hybridized carbons (Fsp3) is 0.533. The number of benzene rings is 1. The van der Waals surface area contributed by atoms with E-state index in [1.165, 1.54) is 24.6 Å². The summed E-state index contributed by atoms with van der Waals surface area (Å²) < 4.78 is 18.7. The third-order valence-corrected chi connectivity index (χ3v) is 3.78. The van der Waals surface area contributed by atoms with Gasteiger partial charge in [0.2, 0.25) is 0 Å². The summed E-state index contributed by atoms with van der Waals surface area (Å²) in [5.74, 6) is -0.274. The topological polar surface area (TPSA) is 26.3 Å². The van der Waals surface area contributed by atoms with Crippen molar-refractivity contribution >= 4 is 17.4 Å². The highest BCUT2D eigenvalue weighted by Crippen LogP contribution is 2.20. The van der Waals surface area contributed by atoms with Crippen LogP contribution in [0.2, 0.25) is 5.02 Å². The average Bonchev–Trinajstić information content (AvgIpc) is 2.42. The monoisotopic (exact) mass is 284 g/mol. The first-order valence-electron chi connectivity index (χ1n) is 6.72. The van der Waals surface area contributed by atoms with Gasteiger partial charge in [0.25, 0.3) is 0 Å². The van der Waals surface area contributed by atoms with Gasteiger partial charge in [0.15, 0.2) is 0 Å². The Morgan fingerprint density at radius 3 is 3.00 bits per heavy atom. The fourth-order valence-corrected chi connectivity index (χ4v) is 2.52. The van der Waals surface area contributed by atoms with Gasteiger partial charge >= 0.3 is 0 Å². The van der Waals surface area contributed by atoms with Crippen molar-refractivity contribution in [2.75, 3.05) is 6.61 Å². The quantitative estimate of drug-likeness (QED) is 0.819. The van der Waals surface area contributed by atoms with Crippen molar-refractivity contribution in [3.63, 3.8) is 0 Å². The van der Waals surface area contributed by atoms with Gasteiger partial charge in [-0.1, -0.05) is 11.6 Å². The van der Waals surface area contributed by atoms with Gasteiger partial charge in [0.1, 0.15) is 11.6 Å². The molecule has 0 bridgehead atoms. The first-order chi connectivity index (χ1) is 9.15. The zero-order valence-electron chi connectivity index (χ0n) is 10.8. The molecule has 0 saturated carbocycles. The molecule has 0 radical (unpaired) electrons. The average molecular weight is 285 g/mol. The highest BCUT2D eigenvalue weighted by Gasteiger charge is 2.16. The molecule has 19 heavy (non-hydrogen) atoms. The van der Waals surface area contributed by atoms with E-state index in [2.05, 4.69) is 0 Å². The van der Waals surface area contributed by atoms with Crippen molar-refractivity contribution in [2.24, 2.45) is 0 Å². The van der Waals surface area contributed by atoms with Gasteiger partial charge in [0, 0.05) is 24.5 Å². The largest absolute Gasteiger partial charge is 0.378 e. The summed E-state index contributed by atoms with van der Waals surface area (Å²) in [5.41, 5.74) is 0.566. The van der Waals surface area contributed by atoms with Crippen molar-refractivity contribution in [3.8, 4) is 0 Å². The number of ketones is 1. The third-order valence-electron chi connectivity index (χ3n) is 3.41. The maximum absolute atomic E-state index is 13.1. The van der Waals surface area contributed by atoms with Gasteiger partial charge in [0.05, 0.1) is 6.10 Å². The number of hydrogen-bond donors (Lipinski definition) is 0. The van der Waals surface area contributed by atoms with E-state index in [9.17, 15) is 9.18 Å². The summed E-state index contributed by atoms with van der Waals surface area (Å²) in [4.78, 5) is 11.9. The van der Waals surface area contributed by atoms with Crippen LogP contribution in [0.5, 0.6) is 0 Å². The Bertz CT molecular complexity index is 442. The maximum atomic E-state index is 13.1. The Morgan fingerprint density at radius 2 is 2.26 bits per heavy atom. The van der Waals surface area contributed by atoms with Gasteiger partial charge in [-0.3, -0.25) is 4.79 Å². The molecule has 1 aromatic rings. The third kappa shape index (κ3) is 4.59. The second-order valence-electron chi connectivity index (χ2n) is 4.98. The molecule has 1 aliphatic rings. The van der Waals surface area contributed by atoms with E-state index in [4.69, 9.17) is 16.3 Å². The summed E-state index contributed by atoms with van der Waals surface area (Å²) in [6.45, 7) is 0.800. The van der Waals surface area contributed by atoms with E-state index in [0.29, 0.717) is 17.0 Å². The number of rotatable bonds is 5. The number of hydrogen-bond acceptors (Lipinski definition) is 2. The molecular weight excluding hydrogens is 267 g/mol. The van der Waals surface area contributed by atoms with Gasteiger partial charge in [-0.15, -0.1) is 0 Å².